The molecule has 6 N–H and O–H groups in total. The van der Waals surface area contributed by atoms with Gasteiger partial charge in [0.05, 0.1) is 0 Å². The summed E-state index contributed by atoms with van der Waals surface area (Å²) in [6, 6.07) is 0. The van der Waals surface area contributed by atoms with Gasteiger partial charge in [-0.1, -0.05) is 4.32 Å². The second kappa shape index (κ2) is 15.7. The van der Waals surface area contributed by atoms with Gasteiger partial charge >= 0.3 is 29.6 Å². The van der Waals surface area contributed by atoms with Crippen LogP contribution in [-0.4, -0.2) is 4.32 Å². The van der Waals surface area contributed by atoms with Gasteiger partial charge in [-0.3, -0.25) is 11.7 Å². The molecule has 0 saturated carbocycles. The predicted octanol–water partition coefficient (Wildman–Crippen LogP) is -4.40. The molecule has 0 aliphatic rings. The van der Waals surface area contributed by atoms with Gasteiger partial charge in [0.15, 0.2) is 0 Å². The molecule has 7 heavy (non-hydrogen) atoms. The molecule has 6 heteroatoms. The van der Waals surface area contributed by atoms with Crippen molar-refractivity contribution in [2.45, 2.75) is 0 Å². The number of hydrogen-bond donors (Lipinski definition) is 3. The van der Waals surface area contributed by atoms with Crippen LogP contribution >= 0.6 is 12.2 Å². The number of hydrazine groups is 1. The molecule has 38 valence electrons. The van der Waals surface area contributed by atoms with Gasteiger partial charge < -0.3 is 30.6 Å². The molecule has 0 bridgehead atoms. The molecule has 0 unspecified atom stereocenters. The quantitative estimate of drug-likeness (QED) is 0.106. The van der Waals surface area contributed by atoms with Gasteiger partial charge in [0.25, 0.3) is 0 Å². The van der Waals surface area contributed by atoms with E-state index in [-0.39, 0.29) is 33.9 Å². The third-order valence-electron chi connectivity index (χ3n) is 0. The SMILES string of the molecule is NC(=S)[S-].NN.[Na+]. The molecule has 0 aromatic carbocycles. The monoisotopic (exact) mass is 147 g/mol. The van der Waals surface area contributed by atoms with Crippen LogP contribution in [0.25, 0.3) is 0 Å². The minimum absolute atomic E-state index is 0. The zero-order valence-corrected chi connectivity index (χ0v) is 7.68. The van der Waals surface area contributed by atoms with E-state index in [1.807, 2.05) is 0 Å². The summed E-state index contributed by atoms with van der Waals surface area (Å²) < 4.78 is 0.0833. The van der Waals surface area contributed by atoms with Crippen molar-refractivity contribution >= 4 is 29.2 Å². The summed E-state index contributed by atoms with van der Waals surface area (Å²) in [6.07, 6.45) is 0. The maximum absolute atomic E-state index is 4.66. The standard InChI is InChI=1S/CH3NS2.H4N2.Na/c2-1(3)4;1-2;/h(H3,2,3,4);1-2H2;/q;;+1/p-1. The van der Waals surface area contributed by atoms with Gasteiger partial charge in [0.2, 0.25) is 0 Å². The average molecular weight is 147 g/mol. The van der Waals surface area contributed by atoms with Gasteiger partial charge in [-0.25, -0.2) is 0 Å². The van der Waals surface area contributed by atoms with Crippen molar-refractivity contribution in [2.24, 2.45) is 17.4 Å². The minimum atomic E-state index is 0. The number of thiocarbonyl (C=S) groups is 1. The first-order valence-electron chi connectivity index (χ1n) is 1.03. The summed E-state index contributed by atoms with van der Waals surface area (Å²) >= 11 is 8.26. The Morgan fingerprint density at radius 1 is 1.43 bits per heavy atom. The molecule has 0 saturated heterocycles. The Morgan fingerprint density at radius 3 is 1.43 bits per heavy atom. The van der Waals surface area contributed by atoms with Crippen molar-refractivity contribution in [2.75, 3.05) is 0 Å². The van der Waals surface area contributed by atoms with Crippen LogP contribution in [-0.2, 0) is 12.6 Å². The Kier molecular flexibility index (Phi) is 35.3. The number of rotatable bonds is 0. The maximum Gasteiger partial charge on any atom is 1.00 e. The van der Waals surface area contributed by atoms with Crippen molar-refractivity contribution in [3.05, 3.63) is 0 Å². The molecule has 0 spiro atoms. The van der Waals surface area contributed by atoms with Crippen LogP contribution in [0, 0.1) is 0 Å². The molecule has 0 aliphatic heterocycles. The Labute approximate surface area is 75.7 Å². The van der Waals surface area contributed by atoms with E-state index in [0.717, 1.165) is 0 Å². The van der Waals surface area contributed by atoms with Crippen molar-refractivity contribution in [3.8, 4) is 0 Å². The molecule has 0 rings (SSSR count). The molecule has 0 radical (unpaired) electrons. The van der Waals surface area contributed by atoms with Gasteiger partial charge in [-0.2, -0.15) is 0 Å². The Morgan fingerprint density at radius 2 is 1.43 bits per heavy atom. The smallest absolute Gasteiger partial charge is 0.415 e. The fourth-order valence-electron chi connectivity index (χ4n) is 0. The van der Waals surface area contributed by atoms with E-state index >= 15 is 0 Å². The minimum Gasteiger partial charge on any atom is -0.415 e. The summed E-state index contributed by atoms with van der Waals surface area (Å²) in [4.78, 5) is 0. The van der Waals surface area contributed by atoms with Crippen molar-refractivity contribution in [1.82, 2.24) is 0 Å². The number of hydrogen-bond acceptors (Lipinski definition) is 4. The molecule has 0 aromatic heterocycles. The van der Waals surface area contributed by atoms with E-state index in [0.29, 0.717) is 0 Å². The first-order chi connectivity index (χ1) is 2.73. The van der Waals surface area contributed by atoms with Crippen LogP contribution in [0.5, 0.6) is 0 Å². The topological polar surface area (TPSA) is 78.1 Å². The predicted molar refractivity (Wildman–Crippen MR) is 32.5 cm³/mol. The Hall–Kier alpha value is 1.03. The van der Waals surface area contributed by atoms with Crippen LogP contribution in [0.15, 0.2) is 0 Å². The molecule has 0 atom stereocenters. The molecule has 0 aliphatic carbocycles. The Balaban J connectivity index is -0.0000000480. The average Bonchev–Trinajstić information content (AvgIpc) is 1.41. The van der Waals surface area contributed by atoms with Crippen molar-refractivity contribution < 1.29 is 29.6 Å². The third kappa shape index (κ3) is 168. The molecular weight excluding hydrogens is 141 g/mol. The summed E-state index contributed by atoms with van der Waals surface area (Å²) in [5, 5.41) is 0. The zero-order chi connectivity index (χ0) is 5.58. The van der Waals surface area contributed by atoms with Crippen LogP contribution in [0.2, 0.25) is 0 Å². The van der Waals surface area contributed by atoms with E-state index in [1.165, 1.54) is 0 Å². The summed E-state index contributed by atoms with van der Waals surface area (Å²) in [5.41, 5.74) is 4.66. The molecule has 0 fully saturated rings. The Bertz CT molecular complexity index is 35.9. The molecule has 0 heterocycles. The zero-order valence-electron chi connectivity index (χ0n) is 4.05. The van der Waals surface area contributed by atoms with Gasteiger partial charge in [-0.05, 0) is 0 Å². The summed E-state index contributed by atoms with van der Waals surface area (Å²) in [5.74, 6) is 8.00. The number of nitrogens with two attached hydrogens (primary N) is 3. The normalized spacial score (nSPS) is 4.29. The molecular formula is CH6N3NaS2. The molecule has 3 nitrogen and oxygen atoms in total. The fraction of sp³-hybridized carbons (Fsp3) is 0. The van der Waals surface area contributed by atoms with Crippen LogP contribution in [0.1, 0.15) is 0 Å². The second-order valence-electron chi connectivity index (χ2n) is 0.319. The maximum atomic E-state index is 4.66. The largest absolute Gasteiger partial charge is 1.00 e. The molecule has 0 amide bonds. The summed E-state index contributed by atoms with van der Waals surface area (Å²) in [6.45, 7) is 0. The second-order valence-corrected chi connectivity index (χ2v) is 1.46. The van der Waals surface area contributed by atoms with E-state index in [9.17, 15) is 0 Å². The van der Waals surface area contributed by atoms with Crippen molar-refractivity contribution in [3.63, 3.8) is 0 Å². The summed E-state index contributed by atoms with van der Waals surface area (Å²) in [7, 11) is 0. The van der Waals surface area contributed by atoms with Crippen LogP contribution in [0.3, 0.4) is 0 Å². The molecule has 0 aromatic rings. The third-order valence-corrected chi connectivity index (χ3v) is 0. The van der Waals surface area contributed by atoms with Crippen LogP contribution < -0.4 is 47.0 Å². The van der Waals surface area contributed by atoms with Gasteiger partial charge in [0.1, 0.15) is 0 Å². The first-order valence-corrected chi connectivity index (χ1v) is 1.85. The van der Waals surface area contributed by atoms with E-state index in [1.54, 1.807) is 0 Å². The van der Waals surface area contributed by atoms with E-state index < -0.39 is 0 Å². The first kappa shape index (κ1) is 15.7. The van der Waals surface area contributed by atoms with E-state index in [2.05, 4.69) is 42.3 Å². The van der Waals surface area contributed by atoms with Crippen molar-refractivity contribution in [1.29, 1.82) is 0 Å². The van der Waals surface area contributed by atoms with E-state index in [4.69, 9.17) is 0 Å². The van der Waals surface area contributed by atoms with Gasteiger partial charge in [-0.15, -0.1) is 0 Å². The van der Waals surface area contributed by atoms with Crippen LogP contribution in [0.4, 0.5) is 0 Å². The van der Waals surface area contributed by atoms with Gasteiger partial charge in [0, 0.05) is 0 Å². The fourth-order valence-corrected chi connectivity index (χ4v) is 0.